The largest absolute Gasteiger partial charge is 0.466 e. The van der Waals surface area contributed by atoms with Crippen LogP contribution in [0.2, 0.25) is 0 Å². The number of carbonyl (C=O) groups is 2. The van der Waals surface area contributed by atoms with Gasteiger partial charge < -0.3 is 20.3 Å². The summed E-state index contributed by atoms with van der Waals surface area (Å²) in [5, 5.41) is 23.2. The lowest BCUT2D eigenvalue weighted by molar-refractivity contribution is -0.143. The molecule has 0 aromatic heterocycles. The second-order valence-electron chi connectivity index (χ2n) is 19.3. The third kappa shape index (κ3) is 48.1. The van der Waals surface area contributed by atoms with Crippen LogP contribution in [0.25, 0.3) is 0 Å². The van der Waals surface area contributed by atoms with E-state index >= 15 is 0 Å². The van der Waals surface area contributed by atoms with Gasteiger partial charge >= 0.3 is 5.97 Å². The lowest BCUT2D eigenvalue weighted by Gasteiger charge is -2.22. The topological polar surface area (TPSA) is 95.9 Å². The average Bonchev–Trinajstić information content (AvgIpc) is 3.27. The van der Waals surface area contributed by atoms with Crippen molar-refractivity contribution in [2.24, 2.45) is 0 Å². The van der Waals surface area contributed by atoms with Crippen molar-refractivity contribution in [2.45, 2.75) is 321 Å². The summed E-state index contributed by atoms with van der Waals surface area (Å²) in [6.07, 6.45) is 60.6. The van der Waals surface area contributed by atoms with E-state index in [-0.39, 0.29) is 18.5 Å². The average molecular weight is 876 g/mol. The van der Waals surface area contributed by atoms with Crippen molar-refractivity contribution in [2.75, 3.05) is 13.2 Å². The summed E-state index contributed by atoms with van der Waals surface area (Å²) in [5.41, 5.74) is 0. The van der Waals surface area contributed by atoms with Crippen LogP contribution >= 0.6 is 0 Å². The minimum atomic E-state index is -0.663. The fraction of sp³-hybridized carbons (Fsp3) is 0.929. The molecule has 0 saturated heterocycles. The minimum absolute atomic E-state index is 0.00211. The van der Waals surface area contributed by atoms with Crippen LogP contribution < -0.4 is 5.32 Å². The first-order valence-corrected chi connectivity index (χ1v) is 27.9. The highest BCUT2D eigenvalue weighted by Crippen LogP contribution is 2.17. The molecule has 0 aliphatic heterocycles. The van der Waals surface area contributed by atoms with Gasteiger partial charge in [-0.25, -0.2) is 0 Å². The summed E-state index contributed by atoms with van der Waals surface area (Å²) in [5.74, 6) is -0.0335. The van der Waals surface area contributed by atoms with Crippen LogP contribution in [0.5, 0.6) is 0 Å². The second-order valence-corrected chi connectivity index (χ2v) is 19.3. The first kappa shape index (κ1) is 60.6. The Bertz CT molecular complexity index is 924. The summed E-state index contributed by atoms with van der Waals surface area (Å²) in [6, 6.07) is -0.540. The minimum Gasteiger partial charge on any atom is -0.466 e. The molecule has 0 aliphatic rings. The zero-order valence-electron chi connectivity index (χ0n) is 41.9. The van der Waals surface area contributed by atoms with E-state index in [4.69, 9.17) is 4.74 Å². The van der Waals surface area contributed by atoms with E-state index in [1.165, 1.54) is 231 Å². The van der Waals surface area contributed by atoms with Crippen molar-refractivity contribution >= 4 is 11.9 Å². The van der Waals surface area contributed by atoms with Gasteiger partial charge in [0.2, 0.25) is 5.91 Å². The maximum atomic E-state index is 12.4. The monoisotopic (exact) mass is 876 g/mol. The number of aliphatic hydroxyl groups excluding tert-OH is 2. The Morgan fingerprint density at radius 1 is 0.435 bits per heavy atom. The Hall–Kier alpha value is -1.40. The smallest absolute Gasteiger partial charge is 0.305 e. The normalized spacial score (nSPS) is 12.6. The van der Waals surface area contributed by atoms with Gasteiger partial charge in [-0.3, -0.25) is 9.59 Å². The lowest BCUT2D eigenvalue weighted by atomic mass is 10.0. The van der Waals surface area contributed by atoms with Crippen molar-refractivity contribution < 1.29 is 24.5 Å². The molecule has 0 radical (unpaired) electrons. The maximum absolute atomic E-state index is 12.4. The number of amides is 1. The highest BCUT2D eigenvalue weighted by molar-refractivity contribution is 5.76. The molecule has 2 atom stereocenters. The van der Waals surface area contributed by atoms with E-state index in [2.05, 4.69) is 31.3 Å². The highest BCUT2D eigenvalue weighted by atomic mass is 16.5. The zero-order valence-corrected chi connectivity index (χ0v) is 41.9. The number of hydrogen-bond acceptors (Lipinski definition) is 5. The predicted molar refractivity (Wildman–Crippen MR) is 269 cm³/mol. The standard InChI is InChI=1S/C56H109NO5/c1-3-5-7-9-11-13-15-28-32-36-40-44-48-54(59)53(52-58)57-55(60)49-45-41-37-33-29-26-24-22-20-18-17-19-21-23-25-27-31-35-39-43-47-51-62-56(61)50-46-42-38-34-30-16-14-12-10-8-6-4-2/h12,14,53-54,58-59H,3-11,13,15-52H2,1-2H3,(H,57,60)/b14-12-. The number of hydrogen-bond donors (Lipinski definition) is 3. The van der Waals surface area contributed by atoms with Gasteiger partial charge in [0, 0.05) is 12.8 Å². The van der Waals surface area contributed by atoms with Gasteiger partial charge in [-0.1, -0.05) is 257 Å². The Morgan fingerprint density at radius 2 is 0.758 bits per heavy atom. The van der Waals surface area contributed by atoms with E-state index in [1.54, 1.807) is 0 Å². The van der Waals surface area contributed by atoms with Gasteiger partial charge in [-0.05, 0) is 51.4 Å². The molecule has 62 heavy (non-hydrogen) atoms. The molecule has 368 valence electrons. The molecule has 0 saturated carbocycles. The molecular weight excluding hydrogens is 767 g/mol. The van der Waals surface area contributed by atoms with Gasteiger partial charge in [-0.2, -0.15) is 0 Å². The number of unbranched alkanes of at least 4 members (excludes halogenated alkanes) is 39. The van der Waals surface area contributed by atoms with Crippen molar-refractivity contribution in [3.8, 4) is 0 Å². The molecule has 6 nitrogen and oxygen atoms in total. The SMILES string of the molecule is CCCCC/C=C\CCCCCCCC(=O)OCCCCCCCCCCCCCCCCCCCCCCCC(=O)NC(CO)C(O)CCCCCCCCCCCCCC. The molecule has 0 rings (SSSR count). The van der Waals surface area contributed by atoms with Crippen molar-refractivity contribution in [1.82, 2.24) is 5.32 Å². The second kappa shape index (κ2) is 52.2. The number of esters is 1. The first-order chi connectivity index (χ1) is 30.5. The molecule has 3 N–H and O–H groups in total. The van der Waals surface area contributed by atoms with Crippen LogP contribution in [0.3, 0.4) is 0 Å². The number of aliphatic hydroxyl groups is 2. The molecular formula is C56H109NO5. The van der Waals surface area contributed by atoms with Crippen LogP contribution in [0, 0.1) is 0 Å². The Balaban J connectivity index is 3.37. The molecule has 0 fully saturated rings. The molecule has 0 aromatic carbocycles. The number of rotatable bonds is 52. The van der Waals surface area contributed by atoms with Gasteiger partial charge in [-0.15, -0.1) is 0 Å². The Labute approximate surface area is 387 Å². The van der Waals surface area contributed by atoms with Gasteiger partial charge in [0.15, 0.2) is 0 Å². The van der Waals surface area contributed by atoms with Crippen LogP contribution in [0.1, 0.15) is 309 Å². The Morgan fingerprint density at radius 3 is 1.18 bits per heavy atom. The predicted octanol–water partition coefficient (Wildman–Crippen LogP) is 16.9. The van der Waals surface area contributed by atoms with E-state index in [1.807, 2.05) is 0 Å². The molecule has 0 spiro atoms. The molecule has 0 heterocycles. The van der Waals surface area contributed by atoms with E-state index < -0.39 is 12.1 Å². The van der Waals surface area contributed by atoms with Crippen LogP contribution in [-0.4, -0.2) is 47.4 Å². The molecule has 0 aliphatic carbocycles. The van der Waals surface area contributed by atoms with Crippen LogP contribution in [0.15, 0.2) is 12.2 Å². The molecule has 0 bridgehead atoms. The van der Waals surface area contributed by atoms with Crippen molar-refractivity contribution in [1.29, 1.82) is 0 Å². The fourth-order valence-electron chi connectivity index (χ4n) is 8.75. The number of nitrogens with one attached hydrogen (secondary N) is 1. The summed E-state index contributed by atoms with van der Waals surface area (Å²) in [4.78, 5) is 24.4. The maximum Gasteiger partial charge on any atom is 0.305 e. The number of ether oxygens (including phenoxy) is 1. The van der Waals surface area contributed by atoms with Gasteiger partial charge in [0.25, 0.3) is 0 Å². The van der Waals surface area contributed by atoms with E-state index in [0.29, 0.717) is 25.9 Å². The molecule has 2 unspecified atom stereocenters. The highest BCUT2D eigenvalue weighted by Gasteiger charge is 2.20. The lowest BCUT2D eigenvalue weighted by Crippen LogP contribution is -2.45. The summed E-state index contributed by atoms with van der Waals surface area (Å²) < 4.78 is 5.46. The number of carbonyl (C=O) groups excluding carboxylic acids is 2. The summed E-state index contributed by atoms with van der Waals surface area (Å²) in [7, 11) is 0. The van der Waals surface area contributed by atoms with Crippen LogP contribution in [0.4, 0.5) is 0 Å². The van der Waals surface area contributed by atoms with Crippen molar-refractivity contribution in [3.63, 3.8) is 0 Å². The quantitative estimate of drug-likeness (QED) is 0.0321. The summed E-state index contributed by atoms with van der Waals surface area (Å²) in [6.45, 7) is 4.93. The van der Waals surface area contributed by atoms with E-state index in [9.17, 15) is 19.8 Å². The third-order valence-electron chi connectivity index (χ3n) is 13.1. The van der Waals surface area contributed by atoms with Gasteiger partial charge in [0.05, 0.1) is 25.4 Å². The van der Waals surface area contributed by atoms with E-state index in [0.717, 1.165) is 44.9 Å². The van der Waals surface area contributed by atoms with Crippen LogP contribution in [-0.2, 0) is 14.3 Å². The molecule has 1 amide bonds. The van der Waals surface area contributed by atoms with Crippen molar-refractivity contribution in [3.05, 3.63) is 12.2 Å². The fourth-order valence-corrected chi connectivity index (χ4v) is 8.75. The zero-order chi connectivity index (χ0) is 45.1. The third-order valence-corrected chi connectivity index (χ3v) is 13.1. The summed E-state index contributed by atoms with van der Waals surface area (Å²) >= 11 is 0. The Kier molecular flexibility index (Phi) is 51.0. The first-order valence-electron chi connectivity index (χ1n) is 27.9. The molecule has 6 heteroatoms. The van der Waals surface area contributed by atoms with Gasteiger partial charge in [0.1, 0.15) is 0 Å². The number of allylic oxidation sites excluding steroid dienone is 2. The molecule has 0 aromatic rings.